The minimum atomic E-state index is -0.120. The number of carbonyl (C=O) groups excluding carboxylic acids is 1. The summed E-state index contributed by atoms with van der Waals surface area (Å²) in [5.74, 6) is 1.13. The lowest BCUT2D eigenvalue weighted by Gasteiger charge is -2.27. The highest BCUT2D eigenvalue weighted by atomic mass is 16.5. The Balaban J connectivity index is 2.14. The van der Waals surface area contributed by atoms with Crippen LogP contribution in [0.3, 0.4) is 0 Å². The van der Waals surface area contributed by atoms with E-state index in [0.717, 1.165) is 32.1 Å². The van der Waals surface area contributed by atoms with Crippen LogP contribution in [0, 0.1) is 5.92 Å². The molecule has 0 aromatic carbocycles. The summed E-state index contributed by atoms with van der Waals surface area (Å²) < 4.78 is 10.3. The Kier molecular flexibility index (Phi) is 4.33. The lowest BCUT2D eigenvalue weighted by molar-refractivity contribution is -0.150. The molecular formula is C13H20N2O3. The van der Waals surface area contributed by atoms with Crippen LogP contribution in [-0.2, 0) is 16.0 Å². The second-order valence-electron chi connectivity index (χ2n) is 4.65. The van der Waals surface area contributed by atoms with Crippen molar-refractivity contribution in [1.29, 1.82) is 0 Å². The Labute approximate surface area is 107 Å². The molecule has 1 fully saturated rings. The molecule has 0 radical (unpaired) electrons. The van der Waals surface area contributed by atoms with Crippen LogP contribution in [0.5, 0.6) is 0 Å². The monoisotopic (exact) mass is 252 g/mol. The highest BCUT2D eigenvalue weighted by Gasteiger charge is 2.35. The highest BCUT2D eigenvalue weighted by Crippen LogP contribution is 2.37. The number of ether oxygens (including phenoxy) is 1. The van der Waals surface area contributed by atoms with Crippen LogP contribution in [-0.4, -0.2) is 22.7 Å². The van der Waals surface area contributed by atoms with Gasteiger partial charge >= 0.3 is 5.97 Å². The maximum atomic E-state index is 11.9. The Morgan fingerprint density at radius 3 is 2.83 bits per heavy atom. The topological polar surface area (TPSA) is 65.2 Å². The molecule has 5 nitrogen and oxygen atoms in total. The van der Waals surface area contributed by atoms with Crippen molar-refractivity contribution in [3.8, 4) is 0 Å². The van der Waals surface area contributed by atoms with Gasteiger partial charge in [-0.3, -0.25) is 4.79 Å². The zero-order valence-electron chi connectivity index (χ0n) is 11.0. The van der Waals surface area contributed by atoms with E-state index in [0.29, 0.717) is 18.3 Å². The van der Waals surface area contributed by atoms with Gasteiger partial charge in [-0.05, 0) is 19.8 Å². The maximum Gasteiger partial charge on any atom is 0.309 e. The first-order chi connectivity index (χ1) is 8.76. The lowest BCUT2D eigenvalue weighted by Crippen LogP contribution is -2.28. The number of aryl methyl sites for hydroxylation is 1. The average molecular weight is 252 g/mol. The van der Waals surface area contributed by atoms with Crippen LogP contribution in [0.1, 0.15) is 57.2 Å². The molecule has 5 heteroatoms. The Morgan fingerprint density at radius 1 is 1.39 bits per heavy atom. The fourth-order valence-electron chi connectivity index (χ4n) is 2.53. The van der Waals surface area contributed by atoms with E-state index in [1.165, 1.54) is 0 Å². The largest absolute Gasteiger partial charge is 0.466 e. The molecule has 2 atom stereocenters. The summed E-state index contributed by atoms with van der Waals surface area (Å²) in [6, 6.07) is 0. The summed E-state index contributed by atoms with van der Waals surface area (Å²) in [5.41, 5.74) is 0. The summed E-state index contributed by atoms with van der Waals surface area (Å²) in [7, 11) is 0. The van der Waals surface area contributed by atoms with Gasteiger partial charge in [0.1, 0.15) is 0 Å². The Morgan fingerprint density at radius 2 is 2.17 bits per heavy atom. The SMILES string of the molecule is CCOC(=O)C1CCCCC1c1noc(CC)n1. The molecule has 1 aliphatic carbocycles. The molecule has 1 aromatic rings. The maximum absolute atomic E-state index is 11.9. The van der Waals surface area contributed by atoms with Crippen molar-refractivity contribution in [3.05, 3.63) is 11.7 Å². The summed E-state index contributed by atoms with van der Waals surface area (Å²) >= 11 is 0. The smallest absolute Gasteiger partial charge is 0.309 e. The quantitative estimate of drug-likeness (QED) is 0.770. The van der Waals surface area contributed by atoms with E-state index in [1.807, 2.05) is 13.8 Å². The van der Waals surface area contributed by atoms with Crippen molar-refractivity contribution in [2.75, 3.05) is 6.61 Å². The molecule has 100 valence electrons. The standard InChI is InChI=1S/C13H20N2O3/c1-3-11-14-12(15-18-11)9-7-5-6-8-10(9)13(16)17-4-2/h9-10H,3-8H2,1-2H3. The summed E-state index contributed by atoms with van der Waals surface area (Å²) in [6.07, 6.45) is 4.70. The lowest BCUT2D eigenvalue weighted by atomic mass is 9.79. The first-order valence-electron chi connectivity index (χ1n) is 6.75. The molecule has 2 unspecified atom stereocenters. The third-order valence-corrected chi connectivity index (χ3v) is 3.47. The molecule has 0 saturated heterocycles. The van der Waals surface area contributed by atoms with Crippen LogP contribution in [0.15, 0.2) is 4.52 Å². The minimum absolute atomic E-state index is 0.0573. The van der Waals surface area contributed by atoms with Crippen molar-refractivity contribution >= 4 is 5.97 Å². The van der Waals surface area contributed by atoms with E-state index in [1.54, 1.807) is 0 Å². The van der Waals surface area contributed by atoms with E-state index in [2.05, 4.69) is 10.1 Å². The number of aromatic nitrogens is 2. The van der Waals surface area contributed by atoms with E-state index in [4.69, 9.17) is 9.26 Å². The number of rotatable bonds is 4. The van der Waals surface area contributed by atoms with Crippen LogP contribution < -0.4 is 0 Å². The zero-order chi connectivity index (χ0) is 13.0. The second kappa shape index (κ2) is 5.98. The number of carbonyl (C=O) groups is 1. The van der Waals surface area contributed by atoms with Crippen molar-refractivity contribution in [2.45, 2.75) is 51.9 Å². The van der Waals surface area contributed by atoms with Gasteiger partial charge in [-0.2, -0.15) is 4.98 Å². The van der Waals surface area contributed by atoms with Gasteiger partial charge in [-0.15, -0.1) is 0 Å². The summed E-state index contributed by atoms with van der Waals surface area (Å²) in [6.45, 7) is 4.23. The zero-order valence-corrected chi connectivity index (χ0v) is 11.0. The summed E-state index contributed by atoms with van der Waals surface area (Å²) in [4.78, 5) is 16.3. The highest BCUT2D eigenvalue weighted by molar-refractivity contribution is 5.73. The first kappa shape index (κ1) is 13.1. The minimum Gasteiger partial charge on any atom is -0.466 e. The van der Waals surface area contributed by atoms with E-state index < -0.39 is 0 Å². The average Bonchev–Trinajstić information content (AvgIpc) is 2.87. The molecule has 0 N–H and O–H groups in total. The van der Waals surface area contributed by atoms with E-state index in [-0.39, 0.29) is 17.8 Å². The van der Waals surface area contributed by atoms with Gasteiger partial charge in [-0.1, -0.05) is 24.9 Å². The van der Waals surface area contributed by atoms with Gasteiger partial charge < -0.3 is 9.26 Å². The van der Waals surface area contributed by atoms with Crippen LogP contribution in [0.25, 0.3) is 0 Å². The van der Waals surface area contributed by atoms with Gasteiger partial charge in [0.05, 0.1) is 12.5 Å². The molecule has 2 rings (SSSR count). The van der Waals surface area contributed by atoms with Crippen molar-refractivity contribution in [3.63, 3.8) is 0 Å². The molecule has 18 heavy (non-hydrogen) atoms. The molecule has 1 heterocycles. The Bertz CT molecular complexity index is 403. The van der Waals surface area contributed by atoms with E-state index in [9.17, 15) is 4.79 Å². The molecule has 0 amide bonds. The summed E-state index contributed by atoms with van der Waals surface area (Å²) in [5, 5.41) is 4.01. The van der Waals surface area contributed by atoms with Gasteiger partial charge in [-0.25, -0.2) is 0 Å². The fourth-order valence-corrected chi connectivity index (χ4v) is 2.53. The fraction of sp³-hybridized carbons (Fsp3) is 0.769. The van der Waals surface area contributed by atoms with Crippen molar-refractivity contribution in [1.82, 2.24) is 10.1 Å². The predicted molar refractivity (Wildman–Crippen MR) is 65.0 cm³/mol. The molecule has 0 bridgehead atoms. The number of hydrogen-bond donors (Lipinski definition) is 0. The van der Waals surface area contributed by atoms with E-state index >= 15 is 0 Å². The van der Waals surface area contributed by atoms with Crippen molar-refractivity contribution in [2.24, 2.45) is 5.92 Å². The van der Waals surface area contributed by atoms with Crippen molar-refractivity contribution < 1.29 is 14.1 Å². The number of esters is 1. The van der Waals surface area contributed by atoms with Crippen LogP contribution >= 0.6 is 0 Å². The molecule has 0 aliphatic heterocycles. The molecule has 1 aliphatic rings. The van der Waals surface area contributed by atoms with Gasteiger partial charge in [0.25, 0.3) is 0 Å². The predicted octanol–water partition coefficient (Wildman–Crippen LogP) is 2.47. The number of nitrogens with zero attached hydrogens (tertiary/aromatic N) is 2. The first-order valence-corrected chi connectivity index (χ1v) is 6.75. The third-order valence-electron chi connectivity index (χ3n) is 3.47. The normalized spacial score (nSPS) is 23.9. The van der Waals surface area contributed by atoms with Gasteiger partial charge in [0.2, 0.25) is 5.89 Å². The van der Waals surface area contributed by atoms with Crippen LogP contribution in [0.2, 0.25) is 0 Å². The molecule has 1 aromatic heterocycles. The number of hydrogen-bond acceptors (Lipinski definition) is 5. The molecule has 1 saturated carbocycles. The third kappa shape index (κ3) is 2.71. The second-order valence-corrected chi connectivity index (χ2v) is 4.65. The molecular weight excluding hydrogens is 232 g/mol. The Hall–Kier alpha value is -1.39. The molecule has 0 spiro atoms. The van der Waals surface area contributed by atoms with Gasteiger partial charge in [0, 0.05) is 12.3 Å². The van der Waals surface area contributed by atoms with Gasteiger partial charge in [0.15, 0.2) is 5.82 Å². The van der Waals surface area contributed by atoms with Crippen LogP contribution in [0.4, 0.5) is 0 Å².